The average molecular weight is 275 g/mol. The van der Waals surface area contributed by atoms with Gasteiger partial charge in [0.2, 0.25) is 0 Å². The summed E-state index contributed by atoms with van der Waals surface area (Å²) in [6.07, 6.45) is 1.19. The molecule has 0 spiro atoms. The van der Waals surface area contributed by atoms with E-state index in [9.17, 15) is 0 Å². The van der Waals surface area contributed by atoms with Gasteiger partial charge in [0.1, 0.15) is 0 Å². The fourth-order valence-corrected chi connectivity index (χ4v) is 3.25. The monoisotopic (exact) mass is 275 g/mol. The molecule has 2 aliphatic heterocycles. The summed E-state index contributed by atoms with van der Waals surface area (Å²) < 4.78 is 5.41. The molecule has 2 aliphatic rings. The molecule has 0 saturated carbocycles. The molecule has 0 aromatic heterocycles. The second kappa shape index (κ2) is 6.57. The topological polar surface area (TPSA) is 27.7 Å². The van der Waals surface area contributed by atoms with Crippen LogP contribution in [-0.2, 0) is 4.74 Å². The highest BCUT2D eigenvalue weighted by atomic mass is 16.5. The van der Waals surface area contributed by atoms with E-state index in [0.29, 0.717) is 6.04 Å². The van der Waals surface area contributed by atoms with Gasteiger partial charge in [0.25, 0.3) is 0 Å². The van der Waals surface area contributed by atoms with Gasteiger partial charge in [0, 0.05) is 44.5 Å². The number of anilines is 1. The molecule has 1 aromatic carbocycles. The molecule has 1 aromatic rings. The van der Waals surface area contributed by atoms with E-state index >= 15 is 0 Å². The lowest BCUT2D eigenvalue weighted by Gasteiger charge is -2.37. The number of rotatable bonds is 4. The second-order valence-corrected chi connectivity index (χ2v) is 5.63. The van der Waals surface area contributed by atoms with Gasteiger partial charge in [-0.15, -0.1) is 0 Å². The Kier molecular flexibility index (Phi) is 4.55. The zero-order valence-corrected chi connectivity index (χ0v) is 12.3. The first kappa shape index (κ1) is 13.9. The Morgan fingerprint density at radius 1 is 1.15 bits per heavy atom. The normalized spacial score (nSPS) is 23.6. The number of fused-ring (bicyclic) bond motifs is 1. The van der Waals surface area contributed by atoms with Crippen LogP contribution in [-0.4, -0.2) is 57.9 Å². The smallest absolute Gasteiger partial charge is 0.0594 e. The molecule has 1 unspecified atom stereocenters. The Labute approximate surface area is 121 Å². The lowest BCUT2D eigenvalue weighted by atomic mass is 9.96. The molecule has 1 fully saturated rings. The minimum Gasteiger partial charge on any atom is -0.379 e. The molecule has 0 radical (unpaired) electrons. The van der Waals surface area contributed by atoms with Crippen LogP contribution in [0.4, 0.5) is 5.69 Å². The Morgan fingerprint density at radius 3 is 2.75 bits per heavy atom. The zero-order valence-electron chi connectivity index (χ0n) is 12.3. The van der Waals surface area contributed by atoms with Gasteiger partial charge in [-0.05, 0) is 25.1 Å². The van der Waals surface area contributed by atoms with Crippen LogP contribution in [0.3, 0.4) is 0 Å². The summed E-state index contributed by atoms with van der Waals surface area (Å²) in [7, 11) is 2.06. The molecular formula is C16H25N3O. The molecule has 3 rings (SSSR count). The van der Waals surface area contributed by atoms with Crippen LogP contribution in [0.5, 0.6) is 0 Å². The van der Waals surface area contributed by atoms with Crippen LogP contribution in [0, 0.1) is 0 Å². The third-order valence-electron chi connectivity index (χ3n) is 4.48. The maximum atomic E-state index is 5.41. The predicted octanol–water partition coefficient (Wildman–Crippen LogP) is 1.49. The lowest BCUT2D eigenvalue weighted by Crippen LogP contribution is -2.43. The number of benzene rings is 1. The van der Waals surface area contributed by atoms with E-state index in [0.717, 1.165) is 45.9 Å². The molecule has 1 atom stereocenters. The van der Waals surface area contributed by atoms with Gasteiger partial charge in [-0.1, -0.05) is 18.2 Å². The number of hydrogen-bond donors (Lipinski definition) is 1. The van der Waals surface area contributed by atoms with Crippen LogP contribution in [0.1, 0.15) is 18.0 Å². The third kappa shape index (κ3) is 2.97. The van der Waals surface area contributed by atoms with Crippen LogP contribution >= 0.6 is 0 Å². The predicted molar refractivity (Wildman–Crippen MR) is 82.3 cm³/mol. The van der Waals surface area contributed by atoms with Gasteiger partial charge in [0.15, 0.2) is 0 Å². The molecule has 1 saturated heterocycles. The first-order chi connectivity index (χ1) is 9.88. The molecular weight excluding hydrogens is 250 g/mol. The molecule has 0 bridgehead atoms. The van der Waals surface area contributed by atoms with Crippen LogP contribution in [0.2, 0.25) is 0 Å². The van der Waals surface area contributed by atoms with Crippen molar-refractivity contribution < 1.29 is 4.74 Å². The third-order valence-corrected chi connectivity index (χ3v) is 4.48. The lowest BCUT2D eigenvalue weighted by molar-refractivity contribution is 0.0391. The molecule has 2 heterocycles. The fraction of sp³-hybridized carbons (Fsp3) is 0.625. The van der Waals surface area contributed by atoms with Crippen molar-refractivity contribution in [3.05, 3.63) is 29.8 Å². The van der Waals surface area contributed by atoms with Gasteiger partial charge in [-0.2, -0.15) is 0 Å². The molecule has 0 aliphatic carbocycles. The summed E-state index contributed by atoms with van der Waals surface area (Å²) >= 11 is 0. The summed E-state index contributed by atoms with van der Waals surface area (Å²) in [6, 6.07) is 9.33. The molecule has 110 valence electrons. The van der Waals surface area contributed by atoms with E-state index < -0.39 is 0 Å². The van der Waals surface area contributed by atoms with Crippen molar-refractivity contribution in [1.29, 1.82) is 0 Å². The van der Waals surface area contributed by atoms with Crippen molar-refractivity contribution in [2.24, 2.45) is 0 Å². The maximum Gasteiger partial charge on any atom is 0.0594 e. The number of nitrogens with zero attached hydrogens (tertiary/aromatic N) is 2. The standard InChI is InChI=1S/C16H25N3O/c1-17-15-6-7-19(16-5-3-2-4-14(15)16)9-8-18-10-12-20-13-11-18/h2-5,15,17H,6-13H2,1H3. The Bertz CT molecular complexity index is 431. The molecule has 4 nitrogen and oxygen atoms in total. The molecule has 0 amide bonds. The Morgan fingerprint density at radius 2 is 1.95 bits per heavy atom. The van der Waals surface area contributed by atoms with Crippen molar-refractivity contribution in [2.45, 2.75) is 12.5 Å². The van der Waals surface area contributed by atoms with Gasteiger partial charge >= 0.3 is 0 Å². The van der Waals surface area contributed by atoms with Gasteiger partial charge < -0.3 is 15.0 Å². The number of ether oxygens (including phenoxy) is 1. The van der Waals surface area contributed by atoms with E-state index in [1.54, 1.807) is 0 Å². The van der Waals surface area contributed by atoms with Crippen molar-refractivity contribution >= 4 is 5.69 Å². The van der Waals surface area contributed by atoms with Crippen molar-refractivity contribution in [2.75, 3.05) is 57.9 Å². The highest BCUT2D eigenvalue weighted by Crippen LogP contribution is 2.33. The first-order valence-electron chi connectivity index (χ1n) is 7.70. The number of morpholine rings is 1. The second-order valence-electron chi connectivity index (χ2n) is 5.63. The summed E-state index contributed by atoms with van der Waals surface area (Å²) in [4.78, 5) is 5.05. The number of para-hydroxylation sites is 1. The SMILES string of the molecule is CNC1CCN(CCN2CCOCC2)c2ccccc21. The van der Waals surface area contributed by atoms with Crippen molar-refractivity contribution in [3.63, 3.8) is 0 Å². The highest BCUT2D eigenvalue weighted by molar-refractivity contribution is 5.57. The van der Waals surface area contributed by atoms with Crippen molar-refractivity contribution in [3.8, 4) is 0 Å². The van der Waals surface area contributed by atoms with Crippen LogP contribution in [0.25, 0.3) is 0 Å². The summed E-state index contributed by atoms with van der Waals surface area (Å²) in [5, 5.41) is 3.43. The van der Waals surface area contributed by atoms with Crippen LogP contribution < -0.4 is 10.2 Å². The first-order valence-corrected chi connectivity index (χ1v) is 7.70. The summed E-state index contributed by atoms with van der Waals surface area (Å²) in [6.45, 7) is 7.34. The minimum atomic E-state index is 0.505. The molecule has 4 heteroatoms. The van der Waals surface area contributed by atoms with E-state index in [-0.39, 0.29) is 0 Å². The Balaban J connectivity index is 1.65. The van der Waals surface area contributed by atoms with Crippen molar-refractivity contribution in [1.82, 2.24) is 10.2 Å². The van der Waals surface area contributed by atoms with E-state index in [1.165, 1.54) is 17.7 Å². The van der Waals surface area contributed by atoms with Gasteiger partial charge in [-0.3, -0.25) is 4.90 Å². The summed E-state index contributed by atoms with van der Waals surface area (Å²) in [5.74, 6) is 0. The average Bonchev–Trinajstić information content (AvgIpc) is 2.53. The van der Waals surface area contributed by atoms with E-state index in [2.05, 4.69) is 46.4 Å². The zero-order chi connectivity index (χ0) is 13.8. The quantitative estimate of drug-likeness (QED) is 0.901. The van der Waals surface area contributed by atoms with Crippen LogP contribution in [0.15, 0.2) is 24.3 Å². The largest absolute Gasteiger partial charge is 0.379 e. The van der Waals surface area contributed by atoms with E-state index in [1.807, 2.05) is 0 Å². The molecule has 20 heavy (non-hydrogen) atoms. The fourth-order valence-electron chi connectivity index (χ4n) is 3.25. The maximum absolute atomic E-state index is 5.41. The summed E-state index contributed by atoms with van der Waals surface area (Å²) in [5.41, 5.74) is 2.86. The minimum absolute atomic E-state index is 0.505. The van der Waals surface area contributed by atoms with Gasteiger partial charge in [-0.25, -0.2) is 0 Å². The number of hydrogen-bond acceptors (Lipinski definition) is 4. The van der Waals surface area contributed by atoms with E-state index in [4.69, 9.17) is 4.74 Å². The molecule has 1 N–H and O–H groups in total. The number of nitrogens with one attached hydrogen (secondary N) is 1. The highest BCUT2D eigenvalue weighted by Gasteiger charge is 2.23. The Hall–Kier alpha value is -1.10. The van der Waals surface area contributed by atoms with Gasteiger partial charge in [0.05, 0.1) is 13.2 Å².